The number of rotatable bonds is 4. The highest BCUT2D eigenvalue weighted by molar-refractivity contribution is 5.86. The average Bonchev–Trinajstić information content (AvgIpc) is 2.50. The highest BCUT2D eigenvalue weighted by atomic mass is 19.4. The van der Waals surface area contributed by atoms with Gasteiger partial charge in [-0.3, -0.25) is 14.4 Å². The molecule has 1 unspecified atom stereocenters. The van der Waals surface area contributed by atoms with Crippen LogP contribution in [0.25, 0.3) is 0 Å². The van der Waals surface area contributed by atoms with Crippen molar-refractivity contribution in [3.63, 3.8) is 0 Å². The molecule has 10 heteroatoms. The minimum absolute atomic E-state index is 0.00179. The number of alkyl halides is 3. The first-order valence-electron chi connectivity index (χ1n) is 7.57. The zero-order valence-corrected chi connectivity index (χ0v) is 13.5. The molecular weight excluding hydrogens is 343 g/mol. The first-order valence-corrected chi connectivity index (χ1v) is 7.57. The second-order valence-electron chi connectivity index (χ2n) is 5.96. The van der Waals surface area contributed by atoms with Crippen LogP contribution in [0.2, 0.25) is 0 Å². The molecular formula is C15H18F3N3O4. The van der Waals surface area contributed by atoms with Gasteiger partial charge in [-0.25, -0.2) is 0 Å². The Morgan fingerprint density at radius 1 is 1.40 bits per heavy atom. The van der Waals surface area contributed by atoms with Crippen LogP contribution in [0.1, 0.15) is 18.5 Å². The van der Waals surface area contributed by atoms with Crippen LogP contribution in [-0.4, -0.2) is 45.7 Å². The number of hydrogen-bond acceptors (Lipinski definition) is 4. The van der Waals surface area contributed by atoms with Crippen LogP contribution < -0.4 is 10.7 Å². The summed E-state index contributed by atoms with van der Waals surface area (Å²) in [7, 11) is 1.58. The number of hydrogen-bond donors (Lipinski definition) is 2. The lowest BCUT2D eigenvalue weighted by atomic mass is 9.95. The van der Waals surface area contributed by atoms with E-state index in [2.05, 4.69) is 5.32 Å². The van der Waals surface area contributed by atoms with E-state index in [4.69, 9.17) is 0 Å². The van der Waals surface area contributed by atoms with E-state index in [0.717, 1.165) is 0 Å². The van der Waals surface area contributed by atoms with Gasteiger partial charge in [0, 0.05) is 43.9 Å². The number of nitrogens with one attached hydrogen (secondary N) is 1. The van der Waals surface area contributed by atoms with Crippen LogP contribution in [0, 0.1) is 5.92 Å². The second-order valence-corrected chi connectivity index (χ2v) is 5.96. The summed E-state index contributed by atoms with van der Waals surface area (Å²) in [6.45, 7) is -1.44. The summed E-state index contributed by atoms with van der Waals surface area (Å²) >= 11 is 0. The summed E-state index contributed by atoms with van der Waals surface area (Å²) in [5.41, 5.74) is -0.144. The van der Waals surface area contributed by atoms with E-state index >= 15 is 0 Å². The molecule has 0 bridgehead atoms. The van der Waals surface area contributed by atoms with Crippen LogP contribution >= 0.6 is 0 Å². The van der Waals surface area contributed by atoms with Crippen molar-refractivity contribution in [1.82, 2.24) is 14.8 Å². The number of nitrogens with zero attached hydrogens (tertiary/aromatic N) is 2. The van der Waals surface area contributed by atoms with Crippen molar-refractivity contribution in [2.45, 2.75) is 25.6 Å². The molecule has 2 heterocycles. The molecule has 1 aliphatic heterocycles. The Kier molecular flexibility index (Phi) is 5.39. The molecule has 2 rings (SSSR count). The molecule has 2 N–H and O–H groups in total. The van der Waals surface area contributed by atoms with Crippen molar-refractivity contribution in [2.24, 2.45) is 13.0 Å². The number of likely N-dealkylation sites (tertiary alicyclic amines) is 1. The molecule has 2 amide bonds. The fourth-order valence-corrected chi connectivity index (χ4v) is 2.64. The largest absolute Gasteiger partial charge is 0.503 e. The average molecular weight is 361 g/mol. The zero-order valence-electron chi connectivity index (χ0n) is 13.5. The zero-order chi connectivity index (χ0) is 18.8. The van der Waals surface area contributed by atoms with Gasteiger partial charge >= 0.3 is 6.18 Å². The number of carbonyl (C=O) groups is 2. The topological polar surface area (TPSA) is 91.6 Å². The lowest BCUT2D eigenvalue weighted by Gasteiger charge is -2.31. The number of pyridine rings is 1. The van der Waals surface area contributed by atoms with Gasteiger partial charge in [0.2, 0.25) is 17.2 Å². The maximum Gasteiger partial charge on any atom is 0.406 e. The molecule has 25 heavy (non-hydrogen) atoms. The van der Waals surface area contributed by atoms with Crippen molar-refractivity contribution in [3.8, 4) is 5.75 Å². The number of aromatic nitrogens is 1. The Hall–Kier alpha value is -2.52. The molecule has 1 aromatic heterocycles. The van der Waals surface area contributed by atoms with Gasteiger partial charge in [0.1, 0.15) is 6.54 Å². The smallest absolute Gasteiger partial charge is 0.406 e. The predicted octanol–water partition coefficient (Wildman–Crippen LogP) is 0.508. The lowest BCUT2D eigenvalue weighted by molar-refractivity contribution is -0.165. The molecule has 0 radical (unpaired) electrons. The fraction of sp³-hybridized carbons (Fsp3) is 0.533. The Morgan fingerprint density at radius 2 is 2.08 bits per heavy atom. The van der Waals surface area contributed by atoms with Gasteiger partial charge in [0.05, 0.1) is 6.54 Å². The molecule has 0 saturated carbocycles. The quantitative estimate of drug-likeness (QED) is 0.817. The molecule has 7 nitrogen and oxygen atoms in total. The Bertz CT molecular complexity index is 730. The molecule has 0 aliphatic carbocycles. The summed E-state index contributed by atoms with van der Waals surface area (Å²) in [6, 6.07) is 1.17. The van der Waals surface area contributed by atoms with E-state index in [9.17, 15) is 32.7 Å². The van der Waals surface area contributed by atoms with Crippen LogP contribution in [0.3, 0.4) is 0 Å². The predicted molar refractivity (Wildman–Crippen MR) is 80.6 cm³/mol. The van der Waals surface area contributed by atoms with E-state index in [1.165, 1.54) is 16.8 Å². The number of aryl methyl sites for hydroxylation is 1. The number of amides is 2. The third-order valence-electron chi connectivity index (χ3n) is 4.03. The molecule has 0 spiro atoms. The van der Waals surface area contributed by atoms with Gasteiger partial charge in [0.25, 0.3) is 0 Å². The van der Waals surface area contributed by atoms with Crippen LogP contribution in [0.4, 0.5) is 13.2 Å². The third-order valence-corrected chi connectivity index (χ3v) is 4.03. The van der Waals surface area contributed by atoms with Gasteiger partial charge in [-0.15, -0.1) is 0 Å². The van der Waals surface area contributed by atoms with Crippen molar-refractivity contribution in [3.05, 3.63) is 28.2 Å². The third kappa shape index (κ3) is 4.97. The Labute approximate surface area is 141 Å². The Balaban J connectivity index is 1.92. The van der Waals surface area contributed by atoms with Gasteiger partial charge in [-0.05, 0) is 6.42 Å². The molecule has 1 aromatic rings. The first kappa shape index (κ1) is 18.8. The molecule has 1 saturated heterocycles. The van der Waals surface area contributed by atoms with Crippen LogP contribution in [-0.2, 0) is 23.2 Å². The minimum Gasteiger partial charge on any atom is -0.503 e. The van der Waals surface area contributed by atoms with Crippen molar-refractivity contribution in [1.29, 1.82) is 0 Å². The van der Waals surface area contributed by atoms with Crippen molar-refractivity contribution < 1.29 is 27.9 Å². The van der Waals surface area contributed by atoms with Crippen molar-refractivity contribution in [2.75, 3.05) is 13.1 Å². The minimum atomic E-state index is -4.46. The summed E-state index contributed by atoms with van der Waals surface area (Å²) in [6.07, 6.45) is -3.39. The van der Waals surface area contributed by atoms with Gasteiger partial charge in [0.15, 0.2) is 5.75 Å². The molecule has 1 aliphatic rings. The van der Waals surface area contributed by atoms with Gasteiger partial charge in [-0.2, -0.15) is 13.2 Å². The van der Waals surface area contributed by atoms with Crippen LogP contribution in [0.15, 0.2) is 17.1 Å². The van der Waals surface area contributed by atoms with E-state index < -0.39 is 41.6 Å². The Morgan fingerprint density at radius 3 is 2.68 bits per heavy atom. The standard InChI is InChI=1S/C15H18F3N3O4/c1-20-7-12(23)11(22)5-10(20)6-19-14(25)9-2-3-21(13(24)4-9)8-15(16,17)18/h5,7,9,23H,2-4,6,8H2,1H3,(H,19,25). The van der Waals surface area contributed by atoms with Crippen molar-refractivity contribution >= 4 is 11.8 Å². The van der Waals surface area contributed by atoms with E-state index in [1.807, 2.05) is 0 Å². The highest BCUT2D eigenvalue weighted by Gasteiger charge is 2.37. The molecule has 1 fully saturated rings. The SMILES string of the molecule is Cn1cc(O)c(=O)cc1CNC(=O)C1CCN(CC(F)(F)F)C(=O)C1. The normalized spacial score (nSPS) is 18.3. The monoisotopic (exact) mass is 361 g/mol. The molecule has 0 aromatic carbocycles. The lowest BCUT2D eigenvalue weighted by Crippen LogP contribution is -2.47. The second kappa shape index (κ2) is 7.16. The summed E-state index contributed by atoms with van der Waals surface area (Å²) in [4.78, 5) is 36.0. The van der Waals surface area contributed by atoms with E-state index in [0.29, 0.717) is 10.6 Å². The first-order chi connectivity index (χ1) is 11.6. The number of aromatic hydroxyl groups is 1. The van der Waals surface area contributed by atoms with E-state index in [1.54, 1.807) is 7.05 Å². The van der Waals surface area contributed by atoms with E-state index in [-0.39, 0.29) is 25.9 Å². The highest BCUT2D eigenvalue weighted by Crippen LogP contribution is 2.23. The maximum atomic E-state index is 12.4. The fourth-order valence-electron chi connectivity index (χ4n) is 2.64. The molecule has 1 atom stereocenters. The number of halogens is 3. The molecule has 138 valence electrons. The number of carbonyl (C=O) groups excluding carboxylic acids is 2. The van der Waals surface area contributed by atoms with Crippen LogP contribution in [0.5, 0.6) is 5.75 Å². The van der Waals surface area contributed by atoms with Gasteiger partial charge in [-0.1, -0.05) is 0 Å². The number of piperidine rings is 1. The summed E-state index contributed by atoms with van der Waals surface area (Å²) in [5.74, 6) is -2.28. The van der Waals surface area contributed by atoms with Gasteiger partial charge < -0.3 is 19.9 Å². The summed E-state index contributed by atoms with van der Waals surface area (Å²) in [5, 5.41) is 11.9. The summed E-state index contributed by atoms with van der Waals surface area (Å²) < 4.78 is 38.5. The maximum absolute atomic E-state index is 12.4.